The number of hydrogen-bond donors (Lipinski definition) is 0. The van der Waals surface area contributed by atoms with Gasteiger partial charge in [-0.3, -0.25) is 0 Å². The van der Waals surface area contributed by atoms with Crippen molar-refractivity contribution < 1.29 is 9.15 Å². The number of para-hydroxylation sites is 1. The van der Waals surface area contributed by atoms with Crippen LogP contribution in [0.2, 0.25) is 0 Å². The molecule has 5 nitrogen and oxygen atoms in total. The fraction of sp³-hybridized carbons (Fsp3) is 0.263. The summed E-state index contributed by atoms with van der Waals surface area (Å²) < 4.78 is 11.2. The van der Waals surface area contributed by atoms with Crippen molar-refractivity contribution >= 4 is 5.69 Å². The Morgan fingerprint density at radius 2 is 1.92 bits per heavy atom. The number of benzene rings is 2. The molecule has 3 rings (SSSR count). The van der Waals surface area contributed by atoms with Gasteiger partial charge in [-0.25, -0.2) is 0 Å². The predicted molar refractivity (Wildman–Crippen MR) is 94.2 cm³/mol. The molecule has 0 bridgehead atoms. The second-order valence-electron chi connectivity index (χ2n) is 5.55. The van der Waals surface area contributed by atoms with Crippen LogP contribution in [0, 0.1) is 6.92 Å². The van der Waals surface area contributed by atoms with Gasteiger partial charge in [0.2, 0.25) is 5.89 Å². The largest absolute Gasteiger partial charge is 0.496 e. The first-order valence-electron chi connectivity index (χ1n) is 7.98. The number of aryl methyl sites for hydroxylation is 1. The third kappa shape index (κ3) is 3.40. The molecule has 0 amide bonds. The summed E-state index contributed by atoms with van der Waals surface area (Å²) in [4.78, 5) is 2.20. The molecule has 1 heterocycles. The maximum absolute atomic E-state index is 5.85. The van der Waals surface area contributed by atoms with E-state index in [4.69, 9.17) is 9.15 Å². The van der Waals surface area contributed by atoms with Crippen molar-refractivity contribution in [3.63, 3.8) is 0 Å². The van der Waals surface area contributed by atoms with E-state index in [1.807, 2.05) is 24.3 Å². The Kier molecular flexibility index (Phi) is 4.79. The minimum absolute atomic E-state index is 0.475. The molecule has 0 radical (unpaired) electrons. The van der Waals surface area contributed by atoms with Crippen LogP contribution in [0.25, 0.3) is 11.5 Å². The van der Waals surface area contributed by atoms with E-state index >= 15 is 0 Å². The van der Waals surface area contributed by atoms with E-state index in [0.29, 0.717) is 18.3 Å². The number of aromatic nitrogens is 2. The number of rotatable bonds is 6. The van der Waals surface area contributed by atoms with Crippen LogP contribution in [0.5, 0.6) is 5.75 Å². The van der Waals surface area contributed by atoms with E-state index in [-0.39, 0.29) is 0 Å². The van der Waals surface area contributed by atoms with Crippen LogP contribution in [0.1, 0.15) is 18.4 Å². The van der Waals surface area contributed by atoms with E-state index in [1.54, 1.807) is 7.11 Å². The first kappa shape index (κ1) is 16.1. The quantitative estimate of drug-likeness (QED) is 0.684. The van der Waals surface area contributed by atoms with Crippen molar-refractivity contribution in [1.82, 2.24) is 10.2 Å². The van der Waals surface area contributed by atoms with Crippen LogP contribution in [-0.4, -0.2) is 23.9 Å². The van der Waals surface area contributed by atoms with Crippen molar-refractivity contribution in [1.29, 1.82) is 0 Å². The molecule has 5 heteroatoms. The zero-order valence-corrected chi connectivity index (χ0v) is 14.2. The Hall–Kier alpha value is -2.82. The summed E-state index contributed by atoms with van der Waals surface area (Å²) in [6, 6.07) is 16.0. The fourth-order valence-electron chi connectivity index (χ4n) is 2.62. The van der Waals surface area contributed by atoms with Gasteiger partial charge < -0.3 is 14.1 Å². The van der Waals surface area contributed by atoms with Crippen molar-refractivity contribution in [3.05, 3.63) is 60.0 Å². The molecule has 0 saturated carbocycles. The molecular formula is C19H21N3O2. The molecule has 2 aromatic carbocycles. The molecule has 0 aliphatic heterocycles. The van der Waals surface area contributed by atoms with Gasteiger partial charge in [-0.2, -0.15) is 0 Å². The summed E-state index contributed by atoms with van der Waals surface area (Å²) in [5, 5.41) is 8.36. The minimum atomic E-state index is 0.475. The van der Waals surface area contributed by atoms with Crippen LogP contribution in [-0.2, 0) is 6.54 Å². The van der Waals surface area contributed by atoms with Gasteiger partial charge in [-0.05, 0) is 43.7 Å². The maximum Gasteiger partial charge on any atom is 0.251 e. The number of ether oxygens (including phenoxy) is 1. The highest BCUT2D eigenvalue weighted by Gasteiger charge is 2.15. The van der Waals surface area contributed by atoms with Crippen LogP contribution in [0.3, 0.4) is 0 Å². The average Bonchev–Trinajstić information content (AvgIpc) is 3.08. The maximum atomic E-state index is 5.85. The molecule has 1 aromatic heterocycles. The molecule has 0 spiro atoms. The third-order valence-corrected chi connectivity index (χ3v) is 3.88. The first-order valence-corrected chi connectivity index (χ1v) is 7.98. The SMILES string of the molecule is CCN(Cc1nnc(-c2ccccc2OC)o1)c1cccc(C)c1. The molecule has 0 saturated heterocycles. The Bertz CT molecular complexity index is 814. The van der Waals surface area contributed by atoms with Gasteiger partial charge in [0.15, 0.2) is 0 Å². The Labute approximate surface area is 141 Å². The van der Waals surface area contributed by atoms with Gasteiger partial charge >= 0.3 is 0 Å². The van der Waals surface area contributed by atoms with Crippen LogP contribution >= 0.6 is 0 Å². The van der Waals surface area contributed by atoms with E-state index in [9.17, 15) is 0 Å². The molecule has 124 valence electrons. The topological polar surface area (TPSA) is 51.4 Å². The molecule has 0 unspecified atom stereocenters. The lowest BCUT2D eigenvalue weighted by atomic mass is 10.2. The van der Waals surface area contributed by atoms with Gasteiger partial charge in [0.25, 0.3) is 5.89 Å². The molecule has 0 atom stereocenters. The molecular weight excluding hydrogens is 302 g/mol. The predicted octanol–water partition coefficient (Wildman–Crippen LogP) is 4.08. The second-order valence-corrected chi connectivity index (χ2v) is 5.55. The Morgan fingerprint density at radius 1 is 1.08 bits per heavy atom. The highest BCUT2D eigenvalue weighted by Crippen LogP contribution is 2.28. The monoisotopic (exact) mass is 323 g/mol. The summed E-state index contributed by atoms with van der Waals surface area (Å²) in [5.41, 5.74) is 3.18. The zero-order chi connectivity index (χ0) is 16.9. The van der Waals surface area contributed by atoms with E-state index in [0.717, 1.165) is 23.5 Å². The van der Waals surface area contributed by atoms with Gasteiger partial charge in [-0.15, -0.1) is 10.2 Å². The lowest BCUT2D eigenvalue weighted by molar-refractivity contribution is 0.413. The van der Waals surface area contributed by atoms with Gasteiger partial charge in [0, 0.05) is 12.2 Å². The Morgan fingerprint density at radius 3 is 2.67 bits per heavy atom. The fourth-order valence-corrected chi connectivity index (χ4v) is 2.62. The van der Waals surface area contributed by atoms with Crippen molar-refractivity contribution in [2.24, 2.45) is 0 Å². The first-order chi connectivity index (χ1) is 11.7. The smallest absolute Gasteiger partial charge is 0.251 e. The standard InChI is InChI=1S/C19H21N3O2/c1-4-22(15-9-7-8-14(2)12-15)13-18-20-21-19(24-18)16-10-5-6-11-17(16)23-3/h5-12H,4,13H2,1-3H3. The van der Waals surface area contributed by atoms with Crippen LogP contribution in [0.4, 0.5) is 5.69 Å². The summed E-state index contributed by atoms with van der Waals surface area (Å²) in [5.74, 6) is 1.78. The highest BCUT2D eigenvalue weighted by atomic mass is 16.5. The van der Waals surface area contributed by atoms with Crippen LogP contribution < -0.4 is 9.64 Å². The molecule has 3 aromatic rings. The number of anilines is 1. The number of hydrogen-bond acceptors (Lipinski definition) is 5. The summed E-state index contributed by atoms with van der Waals surface area (Å²) in [7, 11) is 1.63. The summed E-state index contributed by atoms with van der Waals surface area (Å²) in [6.45, 7) is 5.63. The van der Waals surface area contributed by atoms with Gasteiger partial charge in [-0.1, -0.05) is 24.3 Å². The highest BCUT2D eigenvalue weighted by molar-refractivity contribution is 5.62. The van der Waals surface area contributed by atoms with E-state index in [2.05, 4.69) is 53.2 Å². The van der Waals surface area contributed by atoms with E-state index in [1.165, 1.54) is 5.56 Å². The van der Waals surface area contributed by atoms with Crippen molar-refractivity contribution in [2.75, 3.05) is 18.6 Å². The normalized spacial score (nSPS) is 10.6. The Balaban J connectivity index is 1.82. The molecule has 0 N–H and O–H groups in total. The zero-order valence-electron chi connectivity index (χ0n) is 14.2. The lowest BCUT2D eigenvalue weighted by Gasteiger charge is -2.21. The third-order valence-electron chi connectivity index (χ3n) is 3.88. The summed E-state index contributed by atoms with van der Waals surface area (Å²) in [6.07, 6.45) is 0. The lowest BCUT2D eigenvalue weighted by Crippen LogP contribution is -2.22. The van der Waals surface area contributed by atoms with Crippen molar-refractivity contribution in [2.45, 2.75) is 20.4 Å². The molecule has 0 aliphatic rings. The van der Waals surface area contributed by atoms with Gasteiger partial charge in [0.1, 0.15) is 5.75 Å². The second kappa shape index (κ2) is 7.17. The number of nitrogens with zero attached hydrogens (tertiary/aromatic N) is 3. The molecule has 24 heavy (non-hydrogen) atoms. The van der Waals surface area contributed by atoms with Crippen molar-refractivity contribution in [3.8, 4) is 17.2 Å². The number of methoxy groups -OCH3 is 1. The van der Waals surface area contributed by atoms with Gasteiger partial charge in [0.05, 0.1) is 19.2 Å². The van der Waals surface area contributed by atoms with E-state index < -0.39 is 0 Å². The summed E-state index contributed by atoms with van der Waals surface area (Å²) >= 11 is 0. The molecule has 0 aliphatic carbocycles. The average molecular weight is 323 g/mol. The van der Waals surface area contributed by atoms with Crippen LogP contribution in [0.15, 0.2) is 52.9 Å². The minimum Gasteiger partial charge on any atom is -0.496 e. The molecule has 0 fully saturated rings.